The fourth-order valence-corrected chi connectivity index (χ4v) is 4.92. The lowest BCUT2D eigenvalue weighted by Crippen LogP contribution is -2.50. The number of anilines is 1. The smallest absolute Gasteiger partial charge is 0.234 e. The molecular formula is C22H25N5O2S. The quantitative estimate of drug-likeness (QED) is 0.658. The summed E-state index contributed by atoms with van der Waals surface area (Å²) in [5.41, 5.74) is 2.12. The Bertz CT molecular complexity index is 1040. The minimum Gasteiger partial charge on any atom is -0.497 e. The summed E-state index contributed by atoms with van der Waals surface area (Å²) in [6.45, 7) is 3.93. The lowest BCUT2D eigenvalue weighted by atomic mass is 10.2. The van der Waals surface area contributed by atoms with E-state index in [0.717, 1.165) is 66.4 Å². The van der Waals surface area contributed by atoms with E-state index in [1.165, 1.54) is 4.88 Å². The van der Waals surface area contributed by atoms with Crippen molar-refractivity contribution in [3.63, 3.8) is 0 Å². The number of aromatic nitrogens is 2. The summed E-state index contributed by atoms with van der Waals surface area (Å²) >= 11 is 1.72. The summed E-state index contributed by atoms with van der Waals surface area (Å²) in [6.07, 6.45) is 3.91. The first-order chi connectivity index (χ1) is 14.7. The minimum atomic E-state index is 0.151. The molecule has 3 heterocycles. The summed E-state index contributed by atoms with van der Waals surface area (Å²) in [7, 11) is 1.68. The van der Waals surface area contributed by atoms with E-state index in [9.17, 15) is 4.79 Å². The van der Waals surface area contributed by atoms with Crippen LogP contribution in [0.25, 0.3) is 20.7 Å². The van der Waals surface area contributed by atoms with Gasteiger partial charge in [-0.05, 0) is 48.7 Å². The van der Waals surface area contributed by atoms with E-state index in [1.54, 1.807) is 24.8 Å². The number of amides is 1. The van der Waals surface area contributed by atoms with Crippen molar-refractivity contribution in [2.45, 2.75) is 18.9 Å². The zero-order valence-corrected chi connectivity index (χ0v) is 17.8. The maximum absolute atomic E-state index is 12.1. The number of hydrogen-bond donors (Lipinski definition) is 1. The van der Waals surface area contributed by atoms with Gasteiger partial charge in [0.25, 0.3) is 0 Å². The van der Waals surface area contributed by atoms with Crippen LogP contribution in [-0.2, 0) is 4.79 Å². The third-order valence-corrected chi connectivity index (χ3v) is 6.82. The summed E-state index contributed by atoms with van der Waals surface area (Å²) in [4.78, 5) is 26.9. The second-order valence-corrected chi connectivity index (χ2v) is 8.91. The largest absolute Gasteiger partial charge is 0.497 e. The van der Waals surface area contributed by atoms with Gasteiger partial charge < -0.3 is 15.0 Å². The van der Waals surface area contributed by atoms with Gasteiger partial charge in [0.15, 0.2) is 0 Å². The first kappa shape index (κ1) is 19.3. The number of thiophene rings is 1. The van der Waals surface area contributed by atoms with Crippen LogP contribution in [0.15, 0.2) is 36.7 Å². The highest BCUT2D eigenvalue weighted by Gasteiger charge is 2.26. The van der Waals surface area contributed by atoms with Crippen molar-refractivity contribution in [2.24, 2.45) is 0 Å². The summed E-state index contributed by atoms with van der Waals surface area (Å²) < 4.78 is 6.38. The van der Waals surface area contributed by atoms with E-state index >= 15 is 0 Å². The molecule has 1 aromatic carbocycles. The number of carbonyl (C=O) groups excluding carboxylic acids is 1. The molecule has 0 spiro atoms. The molecule has 1 N–H and O–H groups in total. The van der Waals surface area contributed by atoms with E-state index in [4.69, 9.17) is 4.74 Å². The van der Waals surface area contributed by atoms with Crippen molar-refractivity contribution >= 4 is 33.3 Å². The van der Waals surface area contributed by atoms with Gasteiger partial charge in [0.2, 0.25) is 5.91 Å². The molecule has 2 aliphatic rings. The normalized spacial score (nSPS) is 17.3. The Morgan fingerprint density at radius 1 is 1.17 bits per heavy atom. The summed E-state index contributed by atoms with van der Waals surface area (Å²) in [5, 5.41) is 3.07. The topological polar surface area (TPSA) is 70.6 Å². The van der Waals surface area contributed by atoms with Crippen molar-refractivity contribution in [1.82, 2.24) is 20.2 Å². The molecule has 1 saturated carbocycles. The maximum atomic E-state index is 12.1. The number of piperazine rings is 1. The van der Waals surface area contributed by atoms with Gasteiger partial charge in [-0.1, -0.05) is 0 Å². The first-order valence-corrected chi connectivity index (χ1v) is 11.2. The Morgan fingerprint density at radius 3 is 2.63 bits per heavy atom. The van der Waals surface area contributed by atoms with Gasteiger partial charge in [-0.3, -0.25) is 9.69 Å². The SMILES string of the molecule is COc1ccc(-c2cc3ncnc(N4CCN(CC(=O)NC5CC5)CC4)c3s2)cc1. The second kappa shape index (κ2) is 8.20. The van der Waals surface area contributed by atoms with Crippen molar-refractivity contribution in [3.05, 3.63) is 36.7 Å². The minimum absolute atomic E-state index is 0.151. The summed E-state index contributed by atoms with van der Waals surface area (Å²) in [6, 6.07) is 10.7. The van der Waals surface area contributed by atoms with Crippen LogP contribution in [0, 0.1) is 0 Å². The molecule has 1 saturated heterocycles. The molecule has 0 bridgehead atoms. The molecule has 156 valence electrons. The van der Waals surface area contributed by atoms with Gasteiger partial charge in [0.05, 0.1) is 23.9 Å². The number of fused-ring (bicyclic) bond motifs is 1. The number of carbonyl (C=O) groups is 1. The van der Waals surface area contributed by atoms with Crippen LogP contribution in [-0.4, -0.2) is 66.7 Å². The zero-order chi connectivity index (χ0) is 20.5. The highest BCUT2D eigenvalue weighted by molar-refractivity contribution is 7.22. The average Bonchev–Trinajstić information content (AvgIpc) is 3.47. The van der Waals surface area contributed by atoms with Crippen molar-refractivity contribution in [2.75, 3.05) is 44.7 Å². The van der Waals surface area contributed by atoms with Crippen molar-refractivity contribution in [1.29, 1.82) is 0 Å². The molecular weight excluding hydrogens is 398 g/mol. The summed E-state index contributed by atoms with van der Waals surface area (Å²) in [5.74, 6) is 1.99. The standard InChI is InChI=1S/C22H25N5O2S/c1-29-17-6-2-15(3-7-17)19-12-18-21(30-19)22(24-14-23-18)27-10-8-26(9-11-27)13-20(28)25-16-4-5-16/h2-3,6-7,12,14,16H,4-5,8-11,13H2,1H3,(H,25,28). The molecule has 5 rings (SSSR count). The highest BCUT2D eigenvalue weighted by atomic mass is 32.1. The molecule has 8 heteroatoms. The predicted octanol–water partition coefficient (Wildman–Crippen LogP) is 2.77. The van der Waals surface area contributed by atoms with Crippen LogP contribution in [0.5, 0.6) is 5.75 Å². The molecule has 0 radical (unpaired) electrons. The van der Waals surface area contributed by atoms with Crippen LogP contribution >= 0.6 is 11.3 Å². The molecule has 1 aliphatic carbocycles. The Hall–Kier alpha value is -2.71. The first-order valence-electron chi connectivity index (χ1n) is 10.4. The van der Waals surface area contributed by atoms with Gasteiger partial charge in [0, 0.05) is 37.1 Å². The maximum Gasteiger partial charge on any atom is 0.234 e. The highest BCUT2D eigenvalue weighted by Crippen LogP contribution is 2.37. The van der Waals surface area contributed by atoms with Crippen LogP contribution in [0.4, 0.5) is 5.82 Å². The van der Waals surface area contributed by atoms with Gasteiger partial charge >= 0.3 is 0 Å². The van der Waals surface area contributed by atoms with Gasteiger partial charge in [0.1, 0.15) is 17.9 Å². The molecule has 7 nitrogen and oxygen atoms in total. The lowest BCUT2D eigenvalue weighted by molar-refractivity contribution is -0.122. The molecule has 3 aromatic rings. The number of ether oxygens (including phenoxy) is 1. The van der Waals surface area contributed by atoms with E-state index in [0.29, 0.717) is 12.6 Å². The van der Waals surface area contributed by atoms with Crippen LogP contribution in [0.1, 0.15) is 12.8 Å². The Labute approximate surface area is 179 Å². The van der Waals surface area contributed by atoms with Gasteiger partial charge in [-0.15, -0.1) is 11.3 Å². The van der Waals surface area contributed by atoms with E-state index in [-0.39, 0.29) is 5.91 Å². The fourth-order valence-electron chi connectivity index (χ4n) is 3.79. The Kier molecular flexibility index (Phi) is 5.26. The molecule has 30 heavy (non-hydrogen) atoms. The van der Waals surface area contributed by atoms with Crippen molar-refractivity contribution < 1.29 is 9.53 Å². The monoisotopic (exact) mass is 423 g/mol. The van der Waals surface area contributed by atoms with Crippen molar-refractivity contribution in [3.8, 4) is 16.2 Å². The molecule has 2 fully saturated rings. The van der Waals surface area contributed by atoms with Gasteiger partial charge in [-0.25, -0.2) is 9.97 Å². The molecule has 1 amide bonds. The Balaban J connectivity index is 1.29. The third-order valence-electron chi connectivity index (χ3n) is 5.65. The van der Waals surface area contributed by atoms with Gasteiger partial charge in [-0.2, -0.15) is 0 Å². The number of methoxy groups -OCH3 is 1. The molecule has 0 unspecified atom stereocenters. The van der Waals surface area contributed by atoms with E-state index in [2.05, 4.69) is 43.3 Å². The van der Waals surface area contributed by atoms with E-state index < -0.39 is 0 Å². The third kappa shape index (κ3) is 4.11. The number of benzene rings is 1. The van der Waals surface area contributed by atoms with Crippen LogP contribution < -0.4 is 15.0 Å². The van der Waals surface area contributed by atoms with Crippen LogP contribution in [0.2, 0.25) is 0 Å². The predicted molar refractivity (Wildman–Crippen MR) is 119 cm³/mol. The number of nitrogens with one attached hydrogen (secondary N) is 1. The number of hydrogen-bond acceptors (Lipinski definition) is 7. The lowest BCUT2D eigenvalue weighted by Gasteiger charge is -2.35. The van der Waals surface area contributed by atoms with Crippen LogP contribution in [0.3, 0.4) is 0 Å². The number of nitrogens with zero attached hydrogens (tertiary/aromatic N) is 4. The zero-order valence-electron chi connectivity index (χ0n) is 17.0. The number of rotatable bonds is 6. The molecule has 0 atom stereocenters. The average molecular weight is 424 g/mol. The molecule has 1 aliphatic heterocycles. The fraction of sp³-hybridized carbons (Fsp3) is 0.409. The second-order valence-electron chi connectivity index (χ2n) is 7.86. The Morgan fingerprint density at radius 2 is 1.93 bits per heavy atom. The molecule has 2 aromatic heterocycles. The van der Waals surface area contributed by atoms with E-state index in [1.807, 2.05) is 12.1 Å².